The Morgan fingerprint density at radius 1 is 1.26 bits per heavy atom. The van der Waals surface area contributed by atoms with Crippen molar-refractivity contribution < 1.29 is 4.74 Å². The molecule has 0 saturated heterocycles. The van der Waals surface area contributed by atoms with Gasteiger partial charge in [0, 0.05) is 30.8 Å². The number of nitrogens with zero attached hydrogens (tertiary/aromatic N) is 1. The van der Waals surface area contributed by atoms with E-state index in [1.165, 1.54) is 10.9 Å². The molecular formula is C16H22N2O. The van der Waals surface area contributed by atoms with Crippen LogP contribution >= 0.6 is 0 Å². The summed E-state index contributed by atoms with van der Waals surface area (Å²) in [5.74, 6) is 0. The summed E-state index contributed by atoms with van der Waals surface area (Å²) >= 11 is 0. The highest BCUT2D eigenvalue weighted by Gasteiger charge is 2.11. The van der Waals surface area contributed by atoms with Gasteiger partial charge in [-0.2, -0.15) is 0 Å². The number of ether oxygens (including phenoxy) is 1. The van der Waals surface area contributed by atoms with Crippen molar-refractivity contribution in [3.63, 3.8) is 0 Å². The summed E-state index contributed by atoms with van der Waals surface area (Å²) in [6.07, 6.45) is 2.95. The summed E-state index contributed by atoms with van der Waals surface area (Å²) in [4.78, 5) is 4.53. The van der Waals surface area contributed by atoms with E-state index in [2.05, 4.69) is 35.4 Å². The molecule has 0 spiro atoms. The molecule has 102 valence electrons. The number of pyridine rings is 1. The molecule has 0 amide bonds. The molecule has 0 fully saturated rings. The Labute approximate surface area is 115 Å². The average Bonchev–Trinajstić information content (AvgIpc) is 2.46. The van der Waals surface area contributed by atoms with E-state index in [1.807, 2.05) is 25.3 Å². The van der Waals surface area contributed by atoms with Crippen molar-refractivity contribution in [2.75, 3.05) is 19.8 Å². The molecular weight excluding hydrogens is 236 g/mol. The molecule has 1 atom stereocenters. The molecule has 1 aromatic heterocycles. The predicted octanol–water partition coefficient (Wildman–Crippen LogP) is 3.31. The lowest BCUT2D eigenvalue weighted by atomic mass is 10.0. The van der Waals surface area contributed by atoms with Crippen LogP contribution in [0.3, 0.4) is 0 Å². The summed E-state index contributed by atoms with van der Waals surface area (Å²) < 4.78 is 5.46. The van der Waals surface area contributed by atoms with E-state index in [-0.39, 0.29) is 0 Å². The first-order valence-electron chi connectivity index (χ1n) is 7.01. The summed E-state index contributed by atoms with van der Waals surface area (Å²) in [6, 6.07) is 10.8. The molecule has 0 aliphatic carbocycles. The molecule has 0 radical (unpaired) electrons. The molecule has 2 aromatic rings. The number of aromatic nitrogens is 1. The average molecular weight is 258 g/mol. The van der Waals surface area contributed by atoms with Gasteiger partial charge in [-0.1, -0.05) is 25.1 Å². The maximum atomic E-state index is 5.46. The number of nitrogens with one attached hydrogen (secondary N) is 1. The second-order valence-electron chi connectivity index (χ2n) is 4.56. The predicted molar refractivity (Wildman–Crippen MR) is 79.3 cm³/mol. The van der Waals surface area contributed by atoms with Gasteiger partial charge in [0.25, 0.3) is 0 Å². The fourth-order valence-electron chi connectivity index (χ4n) is 2.26. The van der Waals surface area contributed by atoms with E-state index >= 15 is 0 Å². The number of hydrogen-bond donors (Lipinski definition) is 1. The Balaban J connectivity index is 2.17. The van der Waals surface area contributed by atoms with Crippen molar-refractivity contribution in [3.05, 3.63) is 42.1 Å². The highest BCUT2D eigenvalue weighted by Crippen LogP contribution is 2.20. The van der Waals surface area contributed by atoms with Crippen LogP contribution in [0, 0.1) is 0 Å². The molecule has 1 aromatic carbocycles. The zero-order valence-electron chi connectivity index (χ0n) is 11.7. The Hall–Kier alpha value is -1.45. The van der Waals surface area contributed by atoms with Gasteiger partial charge in [-0.25, -0.2) is 0 Å². The van der Waals surface area contributed by atoms with Crippen molar-refractivity contribution in [3.8, 4) is 0 Å². The van der Waals surface area contributed by atoms with Gasteiger partial charge in [-0.05, 0) is 37.6 Å². The molecule has 0 bridgehead atoms. The van der Waals surface area contributed by atoms with Crippen LogP contribution in [0.2, 0.25) is 0 Å². The number of para-hydroxylation sites is 1. The van der Waals surface area contributed by atoms with Crippen LogP contribution in [0.25, 0.3) is 10.9 Å². The first-order valence-corrected chi connectivity index (χ1v) is 7.01. The van der Waals surface area contributed by atoms with Gasteiger partial charge in [-0.15, -0.1) is 0 Å². The standard InChI is InChI=1S/C16H22N2O/c1-3-17-16(9-10-19-4-2)14-11-13-7-5-6-8-15(13)18-12-14/h5-8,11-12,16-17H,3-4,9-10H2,1-2H3. The fraction of sp³-hybridized carbons (Fsp3) is 0.438. The number of benzene rings is 1. The number of hydrogen-bond acceptors (Lipinski definition) is 3. The Kier molecular flexibility index (Phi) is 5.31. The molecule has 1 N–H and O–H groups in total. The molecule has 1 heterocycles. The summed E-state index contributed by atoms with van der Waals surface area (Å²) in [5, 5.41) is 4.70. The first kappa shape index (κ1) is 14.0. The Bertz CT molecular complexity index is 513. The third kappa shape index (κ3) is 3.75. The zero-order valence-corrected chi connectivity index (χ0v) is 11.7. The van der Waals surface area contributed by atoms with Gasteiger partial charge in [0.05, 0.1) is 5.52 Å². The largest absolute Gasteiger partial charge is 0.382 e. The minimum absolute atomic E-state index is 0.314. The van der Waals surface area contributed by atoms with Gasteiger partial charge in [0.2, 0.25) is 0 Å². The van der Waals surface area contributed by atoms with Crippen molar-refractivity contribution in [2.24, 2.45) is 0 Å². The minimum atomic E-state index is 0.314. The smallest absolute Gasteiger partial charge is 0.0702 e. The van der Waals surface area contributed by atoms with E-state index < -0.39 is 0 Å². The second kappa shape index (κ2) is 7.22. The SMILES string of the molecule is CCNC(CCOCC)c1cnc2ccccc2c1. The van der Waals surface area contributed by atoms with E-state index in [9.17, 15) is 0 Å². The van der Waals surface area contributed by atoms with E-state index in [1.54, 1.807) is 0 Å². The van der Waals surface area contributed by atoms with Crippen LogP contribution < -0.4 is 5.32 Å². The van der Waals surface area contributed by atoms with E-state index in [0.717, 1.165) is 31.7 Å². The van der Waals surface area contributed by atoms with Crippen molar-refractivity contribution >= 4 is 10.9 Å². The third-order valence-corrected chi connectivity index (χ3v) is 3.22. The summed E-state index contributed by atoms with van der Waals surface area (Å²) in [7, 11) is 0. The third-order valence-electron chi connectivity index (χ3n) is 3.22. The number of fused-ring (bicyclic) bond motifs is 1. The quantitative estimate of drug-likeness (QED) is 0.774. The Morgan fingerprint density at radius 2 is 2.11 bits per heavy atom. The monoisotopic (exact) mass is 258 g/mol. The molecule has 0 aliphatic rings. The van der Waals surface area contributed by atoms with Crippen molar-refractivity contribution in [1.82, 2.24) is 10.3 Å². The summed E-state index contributed by atoms with van der Waals surface area (Å²) in [5.41, 5.74) is 2.28. The molecule has 1 unspecified atom stereocenters. The van der Waals surface area contributed by atoms with Crippen molar-refractivity contribution in [1.29, 1.82) is 0 Å². The number of rotatable bonds is 7. The van der Waals surface area contributed by atoms with Crippen molar-refractivity contribution in [2.45, 2.75) is 26.3 Å². The van der Waals surface area contributed by atoms with E-state index in [4.69, 9.17) is 4.74 Å². The molecule has 2 rings (SSSR count). The normalized spacial score (nSPS) is 12.7. The van der Waals surface area contributed by atoms with Gasteiger partial charge in [0.1, 0.15) is 0 Å². The highest BCUT2D eigenvalue weighted by atomic mass is 16.5. The maximum absolute atomic E-state index is 5.46. The lowest BCUT2D eigenvalue weighted by molar-refractivity contribution is 0.136. The zero-order chi connectivity index (χ0) is 13.5. The van der Waals surface area contributed by atoms with Crippen LogP contribution in [0.1, 0.15) is 31.9 Å². The van der Waals surface area contributed by atoms with Crippen LogP contribution in [0.15, 0.2) is 36.5 Å². The highest BCUT2D eigenvalue weighted by molar-refractivity contribution is 5.78. The van der Waals surface area contributed by atoms with Crippen LogP contribution in [-0.2, 0) is 4.74 Å². The Morgan fingerprint density at radius 3 is 2.89 bits per heavy atom. The maximum Gasteiger partial charge on any atom is 0.0702 e. The fourth-order valence-corrected chi connectivity index (χ4v) is 2.26. The van der Waals surface area contributed by atoms with Crippen LogP contribution in [0.5, 0.6) is 0 Å². The molecule has 0 saturated carbocycles. The van der Waals surface area contributed by atoms with E-state index in [0.29, 0.717) is 6.04 Å². The van der Waals surface area contributed by atoms with Gasteiger partial charge >= 0.3 is 0 Å². The lowest BCUT2D eigenvalue weighted by Gasteiger charge is -2.18. The first-order chi connectivity index (χ1) is 9.35. The van der Waals surface area contributed by atoms with Crippen LogP contribution in [0.4, 0.5) is 0 Å². The van der Waals surface area contributed by atoms with Crippen LogP contribution in [-0.4, -0.2) is 24.7 Å². The van der Waals surface area contributed by atoms with Gasteiger partial charge in [-0.3, -0.25) is 4.98 Å². The molecule has 3 heteroatoms. The lowest BCUT2D eigenvalue weighted by Crippen LogP contribution is -2.22. The van der Waals surface area contributed by atoms with Gasteiger partial charge in [0.15, 0.2) is 0 Å². The minimum Gasteiger partial charge on any atom is -0.382 e. The second-order valence-corrected chi connectivity index (χ2v) is 4.56. The topological polar surface area (TPSA) is 34.1 Å². The molecule has 3 nitrogen and oxygen atoms in total. The summed E-state index contributed by atoms with van der Waals surface area (Å²) in [6.45, 7) is 6.65. The molecule has 19 heavy (non-hydrogen) atoms. The molecule has 0 aliphatic heterocycles. The van der Waals surface area contributed by atoms with Gasteiger partial charge < -0.3 is 10.1 Å².